The van der Waals surface area contributed by atoms with Gasteiger partial charge in [-0.3, -0.25) is 4.79 Å². The molecule has 0 spiro atoms. The molecule has 0 saturated carbocycles. The lowest BCUT2D eigenvalue weighted by Gasteiger charge is -2.17. The van der Waals surface area contributed by atoms with Crippen LogP contribution >= 0.6 is 27.3 Å². The van der Waals surface area contributed by atoms with E-state index in [9.17, 15) is 9.59 Å². The Kier molecular flexibility index (Phi) is 6.95. The molecule has 1 N–H and O–H groups in total. The van der Waals surface area contributed by atoms with E-state index in [4.69, 9.17) is 9.47 Å². The van der Waals surface area contributed by atoms with Crippen molar-refractivity contribution < 1.29 is 19.1 Å². The molecule has 134 valence electrons. The summed E-state index contributed by atoms with van der Waals surface area (Å²) in [5, 5.41) is 5.26. The Morgan fingerprint density at radius 1 is 1.28 bits per heavy atom. The number of methoxy groups -OCH3 is 1. The van der Waals surface area contributed by atoms with Crippen LogP contribution in [0.4, 0.5) is 0 Å². The van der Waals surface area contributed by atoms with Crippen molar-refractivity contribution in [1.29, 1.82) is 0 Å². The number of amides is 1. The topological polar surface area (TPSA) is 77.5 Å². The normalized spacial score (nSPS) is 11.9. The van der Waals surface area contributed by atoms with Gasteiger partial charge in [0.2, 0.25) is 6.10 Å². The summed E-state index contributed by atoms with van der Waals surface area (Å²) in [4.78, 5) is 28.4. The summed E-state index contributed by atoms with van der Waals surface area (Å²) in [7, 11) is 1.28. The first kappa shape index (κ1) is 19.4. The lowest BCUT2D eigenvalue weighted by molar-refractivity contribution is -0.148. The number of halogens is 1. The number of hydrogen-bond donors (Lipinski definition) is 1. The maximum Gasteiger partial charge on any atom is 0.348 e. The molecule has 1 atom stereocenters. The van der Waals surface area contributed by atoms with E-state index in [1.165, 1.54) is 18.4 Å². The Hall–Kier alpha value is -1.93. The van der Waals surface area contributed by atoms with Gasteiger partial charge in [-0.25, -0.2) is 9.78 Å². The van der Waals surface area contributed by atoms with Gasteiger partial charge < -0.3 is 14.8 Å². The Labute approximate surface area is 158 Å². The van der Waals surface area contributed by atoms with Gasteiger partial charge in [0.1, 0.15) is 11.4 Å². The van der Waals surface area contributed by atoms with Gasteiger partial charge in [0.05, 0.1) is 18.7 Å². The van der Waals surface area contributed by atoms with Gasteiger partial charge in [-0.05, 0) is 24.3 Å². The first-order valence-corrected chi connectivity index (χ1v) is 9.31. The maximum atomic E-state index is 12.2. The zero-order valence-corrected chi connectivity index (χ0v) is 16.5. The number of carbonyl (C=O) groups excluding carboxylic acids is 2. The zero-order chi connectivity index (χ0) is 18.4. The van der Waals surface area contributed by atoms with Gasteiger partial charge in [-0.1, -0.05) is 29.8 Å². The molecule has 0 unspecified atom stereocenters. The van der Waals surface area contributed by atoms with E-state index in [1.54, 1.807) is 29.6 Å². The van der Waals surface area contributed by atoms with Crippen molar-refractivity contribution >= 4 is 39.1 Å². The van der Waals surface area contributed by atoms with Gasteiger partial charge in [-0.15, -0.1) is 11.3 Å². The molecule has 8 heteroatoms. The Morgan fingerprint density at radius 2 is 1.96 bits per heavy atom. The fourth-order valence-corrected chi connectivity index (χ4v) is 2.99. The van der Waals surface area contributed by atoms with E-state index < -0.39 is 12.1 Å². The summed E-state index contributed by atoms with van der Waals surface area (Å²) < 4.78 is 11.3. The first-order chi connectivity index (χ1) is 11.9. The van der Waals surface area contributed by atoms with Crippen molar-refractivity contribution in [1.82, 2.24) is 10.3 Å². The number of hydrogen-bond acceptors (Lipinski definition) is 6. The summed E-state index contributed by atoms with van der Waals surface area (Å²) in [5.41, 5.74) is 0.334. The van der Waals surface area contributed by atoms with E-state index in [2.05, 4.69) is 26.2 Å². The second kappa shape index (κ2) is 8.96. The molecular weight excluding hydrogens is 408 g/mol. The van der Waals surface area contributed by atoms with Crippen molar-refractivity contribution in [3.8, 4) is 5.75 Å². The highest BCUT2D eigenvalue weighted by molar-refractivity contribution is 9.10. The molecule has 25 heavy (non-hydrogen) atoms. The predicted molar refractivity (Wildman–Crippen MR) is 99.1 cm³/mol. The summed E-state index contributed by atoms with van der Waals surface area (Å²) in [6.45, 7) is 4.01. The molecule has 1 aromatic heterocycles. The van der Waals surface area contributed by atoms with Gasteiger partial charge in [-0.2, -0.15) is 0 Å². The fourth-order valence-electron chi connectivity index (χ4n) is 1.92. The Morgan fingerprint density at radius 3 is 2.52 bits per heavy atom. The van der Waals surface area contributed by atoms with Crippen molar-refractivity contribution in [2.45, 2.75) is 25.9 Å². The monoisotopic (exact) mass is 426 g/mol. The number of carbonyl (C=O) groups is 2. The molecule has 0 fully saturated rings. The number of nitrogens with one attached hydrogen (secondary N) is 1. The third-order valence-corrected chi connectivity index (χ3v) is 4.93. The molecular formula is C17H19BrN2O4S. The molecule has 0 aliphatic heterocycles. The zero-order valence-electron chi connectivity index (χ0n) is 14.1. The van der Waals surface area contributed by atoms with Crippen molar-refractivity contribution in [3.63, 3.8) is 0 Å². The molecule has 1 aromatic carbocycles. The molecule has 0 aliphatic carbocycles. The summed E-state index contributed by atoms with van der Waals surface area (Å²) in [5.74, 6) is -0.153. The highest BCUT2D eigenvalue weighted by Crippen LogP contribution is 2.19. The minimum Gasteiger partial charge on any atom is -0.477 e. The molecule has 1 amide bonds. The SMILES string of the molecule is COC(=O)[C@H](CNC(=O)c1csc(C(C)C)n1)Oc1ccc(Br)cc1. The number of nitrogens with zero attached hydrogens (tertiary/aromatic N) is 1. The van der Waals surface area contributed by atoms with Gasteiger partial charge >= 0.3 is 5.97 Å². The molecule has 0 radical (unpaired) electrons. The number of ether oxygens (including phenoxy) is 2. The van der Waals surface area contributed by atoms with Crippen LogP contribution in [0, 0.1) is 0 Å². The highest BCUT2D eigenvalue weighted by atomic mass is 79.9. The molecule has 2 rings (SSSR count). The van der Waals surface area contributed by atoms with Crippen LogP contribution in [0.5, 0.6) is 5.75 Å². The maximum absolute atomic E-state index is 12.2. The van der Waals surface area contributed by atoms with Gasteiger partial charge in [0.15, 0.2) is 0 Å². The van der Waals surface area contributed by atoms with E-state index in [0.717, 1.165) is 9.48 Å². The van der Waals surface area contributed by atoms with Gasteiger partial charge in [0.25, 0.3) is 5.91 Å². The highest BCUT2D eigenvalue weighted by Gasteiger charge is 2.23. The smallest absolute Gasteiger partial charge is 0.348 e. The second-order valence-corrected chi connectivity index (χ2v) is 7.32. The summed E-state index contributed by atoms with van der Waals surface area (Å²) >= 11 is 4.77. The molecule has 1 heterocycles. The van der Waals surface area contributed by atoms with Crippen molar-refractivity contribution in [2.24, 2.45) is 0 Å². The quantitative estimate of drug-likeness (QED) is 0.686. The average molecular weight is 427 g/mol. The minimum atomic E-state index is -0.946. The third-order valence-electron chi connectivity index (χ3n) is 3.25. The van der Waals surface area contributed by atoms with Gasteiger partial charge in [0, 0.05) is 15.8 Å². The van der Waals surface area contributed by atoms with E-state index >= 15 is 0 Å². The van der Waals surface area contributed by atoms with Crippen LogP contribution in [-0.2, 0) is 9.53 Å². The van der Waals surface area contributed by atoms with E-state index in [-0.39, 0.29) is 18.4 Å². The first-order valence-electron chi connectivity index (χ1n) is 7.64. The lowest BCUT2D eigenvalue weighted by atomic mass is 10.2. The summed E-state index contributed by atoms with van der Waals surface area (Å²) in [6, 6.07) is 7.03. The number of aromatic nitrogens is 1. The minimum absolute atomic E-state index is 0.0177. The third kappa shape index (κ3) is 5.54. The molecule has 0 aliphatic rings. The fraction of sp³-hybridized carbons (Fsp3) is 0.353. The number of esters is 1. The van der Waals surface area contributed by atoms with Crippen molar-refractivity contribution in [3.05, 3.63) is 44.8 Å². The molecule has 0 saturated heterocycles. The van der Waals surface area contributed by atoms with E-state index in [0.29, 0.717) is 11.4 Å². The standard InChI is InChI=1S/C17H19BrN2O4S/c1-10(2)16-20-13(9-25-16)15(21)19-8-14(17(22)23-3)24-12-6-4-11(18)5-7-12/h4-7,9-10,14H,8H2,1-3H3,(H,19,21)/t14-/m0/s1. The van der Waals surface area contributed by atoms with Crippen molar-refractivity contribution in [2.75, 3.05) is 13.7 Å². The van der Waals surface area contributed by atoms with Crippen LogP contribution in [0.1, 0.15) is 35.3 Å². The molecule has 6 nitrogen and oxygen atoms in total. The Balaban J connectivity index is 2.00. The second-order valence-electron chi connectivity index (χ2n) is 5.52. The van der Waals surface area contributed by atoms with Crippen LogP contribution in [-0.4, -0.2) is 36.6 Å². The number of rotatable bonds is 7. The molecule has 0 bridgehead atoms. The van der Waals surface area contributed by atoms with Crippen LogP contribution in [0.2, 0.25) is 0 Å². The average Bonchev–Trinajstić information content (AvgIpc) is 3.09. The lowest BCUT2D eigenvalue weighted by Crippen LogP contribution is -2.41. The largest absolute Gasteiger partial charge is 0.477 e. The van der Waals surface area contributed by atoms with Crippen LogP contribution in [0.15, 0.2) is 34.1 Å². The van der Waals surface area contributed by atoms with Crippen LogP contribution < -0.4 is 10.1 Å². The molecule has 2 aromatic rings. The van der Waals surface area contributed by atoms with E-state index in [1.807, 2.05) is 13.8 Å². The van der Waals surface area contributed by atoms with Crippen LogP contribution in [0.25, 0.3) is 0 Å². The number of thiazole rings is 1. The predicted octanol–water partition coefficient (Wildman–Crippen LogP) is 3.38. The summed E-state index contributed by atoms with van der Waals surface area (Å²) in [6.07, 6.45) is -0.946. The number of benzene rings is 1. The Bertz CT molecular complexity index is 731. The van der Waals surface area contributed by atoms with Crippen LogP contribution in [0.3, 0.4) is 0 Å².